The number of aromatic amines is 1. The van der Waals surface area contributed by atoms with E-state index in [0.29, 0.717) is 46.8 Å². The van der Waals surface area contributed by atoms with Crippen molar-refractivity contribution in [3.8, 4) is 23.1 Å². The molecule has 11 nitrogen and oxygen atoms in total. The third-order valence-corrected chi connectivity index (χ3v) is 5.51. The van der Waals surface area contributed by atoms with Gasteiger partial charge in [-0.2, -0.15) is 0 Å². The molecule has 172 valence electrons. The molecule has 0 aliphatic carbocycles. The van der Waals surface area contributed by atoms with Crippen molar-refractivity contribution in [3.05, 3.63) is 74.7 Å². The van der Waals surface area contributed by atoms with Crippen LogP contribution >= 0.6 is 0 Å². The van der Waals surface area contributed by atoms with E-state index in [-0.39, 0.29) is 17.2 Å². The van der Waals surface area contributed by atoms with Crippen molar-refractivity contribution in [2.75, 3.05) is 14.2 Å². The molecule has 0 radical (unpaired) electrons. The number of imidazole rings is 1. The van der Waals surface area contributed by atoms with E-state index in [1.54, 1.807) is 20.3 Å². The average molecular weight is 461 g/mol. The van der Waals surface area contributed by atoms with Gasteiger partial charge in [-0.3, -0.25) is 14.9 Å². The number of H-pyrrole nitrogens is 1. The lowest BCUT2D eigenvalue weighted by atomic mass is 10.1. The normalized spacial score (nSPS) is 11.2. The summed E-state index contributed by atoms with van der Waals surface area (Å²) in [5.41, 5.74) is 3.16. The number of furan rings is 1. The Kier molecular flexibility index (Phi) is 5.21. The predicted octanol–water partition coefficient (Wildman–Crippen LogP) is 3.70. The zero-order valence-corrected chi connectivity index (χ0v) is 18.3. The summed E-state index contributed by atoms with van der Waals surface area (Å²) in [5.74, 6) is 1.58. The molecule has 5 aromatic rings. The molecule has 3 aromatic heterocycles. The number of hydrogen-bond donors (Lipinski definition) is 1. The molecule has 34 heavy (non-hydrogen) atoms. The quantitative estimate of drug-likeness (QED) is 0.286. The van der Waals surface area contributed by atoms with Gasteiger partial charge in [-0.15, -0.1) is 0 Å². The van der Waals surface area contributed by atoms with Crippen LogP contribution in [-0.2, 0) is 13.0 Å². The molecule has 0 aliphatic heterocycles. The van der Waals surface area contributed by atoms with E-state index in [2.05, 4.69) is 15.0 Å². The van der Waals surface area contributed by atoms with Crippen LogP contribution in [-0.4, -0.2) is 38.7 Å². The first-order chi connectivity index (χ1) is 16.5. The monoisotopic (exact) mass is 461 g/mol. The SMILES string of the molecule is COc1ccc(CCn2c(-c3ccc([N+](=O)[O-])o3)nc3cc4[nH]c(=O)cnc4cc32)cc1OC. The van der Waals surface area contributed by atoms with Crippen LogP contribution in [0.1, 0.15) is 5.56 Å². The van der Waals surface area contributed by atoms with Gasteiger partial charge in [0.2, 0.25) is 0 Å². The Labute approximate surface area is 191 Å². The molecule has 5 rings (SSSR count). The van der Waals surface area contributed by atoms with Crippen LogP contribution < -0.4 is 15.0 Å². The molecule has 0 unspecified atom stereocenters. The van der Waals surface area contributed by atoms with Crippen molar-refractivity contribution in [3.63, 3.8) is 0 Å². The minimum atomic E-state index is -0.594. The fourth-order valence-electron chi connectivity index (χ4n) is 3.90. The van der Waals surface area contributed by atoms with Crippen LogP contribution in [0.15, 0.2) is 57.9 Å². The third-order valence-electron chi connectivity index (χ3n) is 5.51. The van der Waals surface area contributed by atoms with Crippen LogP contribution in [0.5, 0.6) is 11.5 Å². The fourth-order valence-corrected chi connectivity index (χ4v) is 3.90. The van der Waals surface area contributed by atoms with E-state index >= 15 is 0 Å². The summed E-state index contributed by atoms with van der Waals surface area (Å²) in [6.45, 7) is 0.491. The molecule has 0 fully saturated rings. The van der Waals surface area contributed by atoms with Crippen LogP contribution in [0.4, 0.5) is 5.88 Å². The Bertz CT molecular complexity index is 1600. The highest BCUT2D eigenvalue weighted by Crippen LogP contribution is 2.32. The van der Waals surface area contributed by atoms with Crippen molar-refractivity contribution >= 4 is 28.0 Å². The van der Waals surface area contributed by atoms with Crippen molar-refractivity contribution in [1.29, 1.82) is 0 Å². The van der Waals surface area contributed by atoms with Crippen molar-refractivity contribution in [2.24, 2.45) is 0 Å². The Hall–Kier alpha value is -4.67. The summed E-state index contributed by atoms with van der Waals surface area (Å²) >= 11 is 0. The second-order valence-electron chi connectivity index (χ2n) is 7.53. The molecule has 0 amide bonds. The fraction of sp³-hybridized carbons (Fsp3) is 0.174. The van der Waals surface area contributed by atoms with Crippen molar-refractivity contribution in [1.82, 2.24) is 19.5 Å². The number of benzene rings is 2. The molecule has 1 N–H and O–H groups in total. The predicted molar refractivity (Wildman–Crippen MR) is 123 cm³/mol. The number of methoxy groups -OCH3 is 2. The maximum Gasteiger partial charge on any atom is 0.433 e. The highest BCUT2D eigenvalue weighted by molar-refractivity contribution is 5.92. The van der Waals surface area contributed by atoms with Crippen LogP contribution in [0.2, 0.25) is 0 Å². The Morgan fingerprint density at radius 2 is 1.91 bits per heavy atom. The van der Waals surface area contributed by atoms with Gasteiger partial charge < -0.3 is 23.4 Å². The summed E-state index contributed by atoms with van der Waals surface area (Å²) in [5, 5.41) is 11.1. The lowest BCUT2D eigenvalue weighted by Gasteiger charge is -2.11. The van der Waals surface area contributed by atoms with E-state index in [4.69, 9.17) is 13.9 Å². The number of rotatable bonds is 7. The number of nitrogens with zero attached hydrogens (tertiary/aromatic N) is 4. The van der Waals surface area contributed by atoms with Gasteiger partial charge in [-0.25, -0.2) is 9.97 Å². The van der Waals surface area contributed by atoms with Gasteiger partial charge >= 0.3 is 5.88 Å². The molecule has 0 saturated heterocycles. The molecule has 0 saturated carbocycles. The number of nitro groups is 1. The van der Waals surface area contributed by atoms with Crippen LogP contribution in [0, 0.1) is 10.1 Å². The molecule has 3 heterocycles. The zero-order chi connectivity index (χ0) is 23.8. The average Bonchev–Trinajstić information content (AvgIpc) is 3.46. The number of aryl methyl sites for hydroxylation is 2. The second-order valence-corrected chi connectivity index (χ2v) is 7.53. The maximum absolute atomic E-state index is 11.7. The Morgan fingerprint density at radius 1 is 1.09 bits per heavy atom. The number of fused-ring (bicyclic) bond motifs is 2. The highest BCUT2D eigenvalue weighted by atomic mass is 16.6. The van der Waals surface area contributed by atoms with E-state index in [0.717, 1.165) is 11.1 Å². The van der Waals surface area contributed by atoms with E-state index in [1.165, 1.54) is 18.3 Å². The molecule has 11 heteroatoms. The largest absolute Gasteiger partial charge is 0.493 e. The van der Waals surface area contributed by atoms with E-state index in [1.807, 2.05) is 28.8 Å². The number of hydrogen-bond acceptors (Lipinski definition) is 8. The van der Waals surface area contributed by atoms with E-state index < -0.39 is 4.92 Å². The zero-order valence-electron chi connectivity index (χ0n) is 18.3. The topological polar surface area (TPSA) is 138 Å². The molecule has 0 atom stereocenters. The number of ether oxygens (including phenoxy) is 2. The minimum absolute atomic E-state index is 0.265. The van der Waals surface area contributed by atoms with Gasteiger partial charge in [-0.1, -0.05) is 6.07 Å². The molecular weight excluding hydrogens is 442 g/mol. The van der Waals surface area contributed by atoms with Gasteiger partial charge in [-0.05, 0) is 42.3 Å². The summed E-state index contributed by atoms with van der Waals surface area (Å²) in [6.07, 6.45) is 1.83. The lowest BCUT2D eigenvalue weighted by molar-refractivity contribution is -0.401. The number of nitrogens with one attached hydrogen (secondary N) is 1. The van der Waals surface area contributed by atoms with Crippen LogP contribution in [0.3, 0.4) is 0 Å². The van der Waals surface area contributed by atoms with Gasteiger partial charge in [0, 0.05) is 6.54 Å². The molecule has 0 bridgehead atoms. The smallest absolute Gasteiger partial charge is 0.433 e. The lowest BCUT2D eigenvalue weighted by Crippen LogP contribution is -2.06. The first-order valence-corrected chi connectivity index (χ1v) is 10.3. The third kappa shape index (κ3) is 3.72. The summed E-state index contributed by atoms with van der Waals surface area (Å²) in [6, 6.07) is 12.0. The molecular formula is C23H19N5O6. The highest BCUT2D eigenvalue weighted by Gasteiger charge is 2.20. The Morgan fingerprint density at radius 3 is 2.65 bits per heavy atom. The summed E-state index contributed by atoms with van der Waals surface area (Å²) in [7, 11) is 3.16. The molecule has 0 aliphatic rings. The second kappa shape index (κ2) is 8.35. The van der Waals surface area contributed by atoms with Gasteiger partial charge in [0.05, 0.1) is 48.5 Å². The number of aromatic nitrogens is 4. The van der Waals surface area contributed by atoms with Gasteiger partial charge in [0.25, 0.3) is 5.56 Å². The van der Waals surface area contributed by atoms with E-state index in [9.17, 15) is 14.9 Å². The van der Waals surface area contributed by atoms with Crippen LogP contribution in [0.25, 0.3) is 33.7 Å². The standard InChI is InChI=1S/C23H19N5O6/c1-32-18-4-3-13(9-20(18)33-2)7-8-27-17-11-14-15(25-21(29)12-24-14)10-16(17)26-23(27)19-5-6-22(34-19)28(30)31/h3-6,9-12H,7-8H2,1-2H3,(H,25,29). The first-order valence-electron chi connectivity index (χ1n) is 10.3. The summed E-state index contributed by atoms with van der Waals surface area (Å²) < 4.78 is 18.1. The van der Waals surface area contributed by atoms with Gasteiger partial charge in [0.15, 0.2) is 23.1 Å². The van der Waals surface area contributed by atoms with Crippen molar-refractivity contribution < 1.29 is 18.8 Å². The molecule has 0 spiro atoms. The van der Waals surface area contributed by atoms with Gasteiger partial charge in [0.1, 0.15) is 4.92 Å². The van der Waals surface area contributed by atoms with Crippen molar-refractivity contribution in [2.45, 2.75) is 13.0 Å². The first kappa shape index (κ1) is 21.2. The Balaban J connectivity index is 1.62. The maximum atomic E-state index is 11.7. The minimum Gasteiger partial charge on any atom is -0.493 e. The molecule has 2 aromatic carbocycles. The summed E-state index contributed by atoms with van der Waals surface area (Å²) in [4.78, 5) is 33.9.